The molecule has 0 saturated carbocycles. The van der Waals surface area contributed by atoms with Crippen LogP contribution in [0.15, 0.2) is 0 Å². The van der Waals surface area contributed by atoms with Gasteiger partial charge in [0, 0.05) is 48.5 Å². The molecule has 18 heteroatoms. The van der Waals surface area contributed by atoms with Crippen LogP contribution in [-0.2, 0) is 80.9 Å². The highest BCUT2D eigenvalue weighted by atomic mass is 32.2. The topological polar surface area (TPSA) is 212 Å². The van der Waals surface area contributed by atoms with E-state index < -0.39 is 121 Å². The van der Waals surface area contributed by atoms with E-state index >= 15 is 0 Å². The van der Waals surface area contributed by atoms with Crippen LogP contribution in [0.1, 0.15) is 62.3 Å². The van der Waals surface area contributed by atoms with Crippen molar-refractivity contribution in [3.05, 3.63) is 0 Å². The van der Waals surface area contributed by atoms with Gasteiger partial charge in [0.1, 0.15) is 37.0 Å². The zero-order valence-corrected chi connectivity index (χ0v) is 28.4. The Morgan fingerprint density at radius 2 is 0.936 bits per heavy atom. The van der Waals surface area contributed by atoms with Gasteiger partial charge >= 0.3 is 41.8 Å². The van der Waals surface area contributed by atoms with Crippen LogP contribution >= 0.6 is 11.8 Å². The second kappa shape index (κ2) is 18.2. The lowest BCUT2D eigenvalue weighted by Gasteiger charge is -2.48. The molecular weight excluding hydrogens is 652 g/mol. The Morgan fingerprint density at radius 3 is 1.38 bits per heavy atom. The highest BCUT2D eigenvalue weighted by molar-refractivity contribution is 8.00. The molecular formula is C29H42O17S. The number of esters is 7. The molecule has 0 aliphatic carbocycles. The lowest BCUT2D eigenvalue weighted by molar-refractivity contribution is -0.283. The van der Waals surface area contributed by atoms with Crippen LogP contribution in [-0.4, -0.2) is 121 Å². The first-order valence-electron chi connectivity index (χ1n) is 14.6. The lowest BCUT2D eigenvalue weighted by Crippen LogP contribution is -2.64. The molecule has 0 radical (unpaired) electrons. The summed E-state index contributed by atoms with van der Waals surface area (Å²) in [6.45, 7) is 10.3. The van der Waals surface area contributed by atoms with E-state index in [1.165, 1.54) is 0 Å². The van der Waals surface area contributed by atoms with Crippen LogP contribution in [0.25, 0.3) is 0 Å². The van der Waals surface area contributed by atoms with Crippen LogP contribution in [0.2, 0.25) is 0 Å². The number of hydrogen-bond donors (Lipinski definition) is 0. The summed E-state index contributed by atoms with van der Waals surface area (Å²) in [4.78, 5) is 85.0. The molecule has 0 amide bonds. The van der Waals surface area contributed by atoms with Gasteiger partial charge in [-0.2, -0.15) is 0 Å². The minimum Gasteiger partial charge on any atom is -0.463 e. The molecule has 2 saturated heterocycles. The van der Waals surface area contributed by atoms with Crippen molar-refractivity contribution in [2.24, 2.45) is 0 Å². The number of carbonyl (C=O) groups is 7. The predicted molar refractivity (Wildman–Crippen MR) is 156 cm³/mol. The van der Waals surface area contributed by atoms with Crippen molar-refractivity contribution in [1.82, 2.24) is 0 Å². The maximum Gasteiger partial charge on any atom is 0.303 e. The number of rotatable bonds is 13. The third-order valence-electron chi connectivity index (χ3n) is 6.29. The lowest BCUT2D eigenvalue weighted by atomic mass is 9.99. The van der Waals surface area contributed by atoms with E-state index in [1.54, 1.807) is 13.8 Å². The van der Waals surface area contributed by atoms with Gasteiger partial charge in [-0.15, -0.1) is 11.8 Å². The van der Waals surface area contributed by atoms with E-state index in [0.717, 1.165) is 60.2 Å². The molecule has 266 valence electrons. The van der Waals surface area contributed by atoms with Gasteiger partial charge in [0.25, 0.3) is 0 Å². The molecule has 17 nitrogen and oxygen atoms in total. The molecule has 0 aromatic rings. The number of carbonyl (C=O) groups excluding carboxylic acids is 7. The molecule has 2 aliphatic heterocycles. The summed E-state index contributed by atoms with van der Waals surface area (Å²) in [5.74, 6) is -5.40. The first kappa shape index (κ1) is 39.7. The van der Waals surface area contributed by atoms with Gasteiger partial charge in [0.05, 0.1) is 11.4 Å². The first-order chi connectivity index (χ1) is 21.9. The molecule has 47 heavy (non-hydrogen) atoms. The summed E-state index contributed by atoms with van der Waals surface area (Å²) >= 11 is 0.824. The Balaban J connectivity index is 2.75. The van der Waals surface area contributed by atoms with Crippen LogP contribution in [0.5, 0.6) is 0 Å². The van der Waals surface area contributed by atoms with E-state index in [1.807, 2.05) is 0 Å². The van der Waals surface area contributed by atoms with Gasteiger partial charge in [-0.1, -0.05) is 0 Å². The first-order valence-corrected chi connectivity index (χ1v) is 15.6. The highest BCUT2D eigenvalue weighted by Gasteiger charge is 2.57. The summed E-state index contributed by atoms with van der Waals surface area (Å²) in [7, 11) is 0. The van der Waals surface area contributed by atoms with E-state index in [2.05, 4.69) is 0 Å². The van der Waals surface area contributed by atoms with Gasteiger partial charge in [0.2, 0.25) is 0 Å². The molecule has 2 heterocycles. The fourth-order valence-electron chi connectivity index (χ4n) is 4.85. The molecule has 2 fully saturated rings. The molecule has 10 atom stereocenters. The smallest absolute Gasteiger partial charge is 0.303 e. The average molecular weight is 695 g/mol. The van der Waals surface area contributed by atoms with Crippen LogP contribution < -0.4 is 0 Å². The fourth-order valence-corrected chi connectivity index (χ4v) is 6.46. The van der Waals surface area contributed by atoms with E-state index in [0.29, 0.717) is 0 Å². The summed E-state index contributed by atoms with van der Waals surface area (Å²) in [6, 6.07) is 0. The summed E-state index contributed by atoms with van der Waals surface area (Å²) in [5.41, 5.74) is -1.36. The molecule has 0 bridgehead atoms. The maximum atomic E-state index is 12.4. The molecule has 0 aromatic carbocycles. The van der Waals surface area contributed by atoms with Crippen molar-refractivity contribution in [2.45, 2.75) is 128 Å². The molecule has 0 unspecified atom stereocenters. The molecule has 0 spiro atoms. The van der Waals surface area contributed by atoms with Gasteiger partial charge in [-0.25, -0.2) is 0 Å². The SMILES string of the molecule is CC(=O)OC[C@H]1O[C@H](OC(C)C)[C@H](OC(C)=O)[C@H](S[C@@H]2O[C@H](COC(C)=O)[C@@H](OC(C)=O)[C@H](OC(C)=O)[C@H]2OC(C)=O)[C@H]1OC(C)=O. The second-order valence-electron chi connectivity index (χ2n) is 10.8. The predicted octanol–water partition coefficient (Wildman–Crippen LogP) is 0.748. The van der Waals surface area contributed by atoms with Crippen molar-refractivity contribution < 1.29 is 80.9 Å². The van der Waals surface area contributed by atoms with E-state index in [-0.39, 0.29) is 0 Å². The second-order valence-corrected chi connectivity index (χ2v) is 12.1. The third-order valence-corrected chi connectivity index (χ3v) is 7.79. The van der Waals surface area contributed by atoms with Crippen LogP contribution in [0.3, 0.4) is 0 Å². The Labute approximate surface area is 275 Å². The number of hydrogen-bond acceptors (Lipinski definition) is 18. The van der Waals surface area contributed by atoms with Crippen molar-refractivity contribution in [2.75, 3.05) is 13.2 Å². The quantitative estimate of drug-likeness (QED) is 0.192. The normalized spacial score (nSPS) is 30.3. The van der Waals surface area contributed by atoms with Gasteiger partial charge in [-0.05, 0) is 13.8 Å². The number of thioether (sulfide) groups is 1. The standard InChI is InChI=1S/C29H42O17S/c1-12(2)39-28-26(44-19(9)36)27(23(41-16(6)33)21(45-28)11-38-14(4)31)47-29-25(43-18(8)35)24(42-17(7)34)22(40-15(5)32)20(46-29)10-37-13(3)30/h12,20-29H,10-11H2,1-9H3/t20-,21-,22-,23+,24+,25-,26-,27-,28+,29+/m1/s1. The minimum absolute atomic E-state index is 0.409. The van der Waals surface area contributed by atoms with Gasteiger partial charge < -0.3 is 47.4 Å². The Bertz CT molecular complexity index is 1160. The zero-order valence-electron chi connectivity index (χ0n) is 27.6. The van der Waals surface area contributed by atoms with E-state index in [9.17, 15) is 33.6 Å². The highest BCUT2D eigenvalue weighted by Crippen LogP contribution is 2.42. The van der Waals surface area contributed by atoms with Crippen molar-refractivity contribution >= 4 is 53.5 Å². The summed E-state index contributed by atoms with van der Waals surface area (Å²) < 4.78 is 56.3. The molecule has 0 aromatic heterocycles. The monoisotopic (exact) mass is 694 g/mol. The van der Waals surface area contributed by atoms with Gasteiger partial charge in [0.15, 0.2) is 30.7 Å². The largest absolute Gasteiger partial charge is 0.463 e. The fraction of sp³-hybridized carbons (Fsp3) is 0.759. The Hall–Kier alpha value is -3.48. The minimum atomic E-state index is -1.49. The summed E-state index contributed by atoms with van der Waals surface area (Å²) in [6.07, 6.45) is -11.3. The van der Waals surface area contributed by atoms with Crippen LogP contribution in [0, 0.1) is 0 Å². The van der Waals surface area contributed by atoms with Crippen LogP contribution in [0.4, 0.5) is 0 Å². The maximum absolute atomic E-state index is 12.4. The van der Waals surface area contributed by atoms with Crippen molar-refractivity contribution in [1.29, 1.82) is 0 Å². The molecule has 0 N–H and O–H groups in total. The van der Waals surface area contributed by atoms with Gasteiger partial charge in [-0.3, -0.25) is 33.6 Å². The summed E-state index contributed by atoms with van der Waals surface area (Å²) in [5, 5.41) is -1.15. The Morgan fingerprint density at radius 1 is 0.532 bits per heavy atom. The van der Waals surface area contributed by atoms with E-state index in [4.69, 9.17) is 47.4 Å². The van der Waals surface area contributed by atoms with Crippen molar-refractivity contribution in [3.8, 4) is 0 Å². The van der Waals surface area contributed by atoms with Crippen molar-refractivity contribution in [3.63, 3.8) is 0 Å². The zero-order chi connectivity index (χ0) is 35.6. The Kier molecular flexibility index (Phi) is 15.3. The molecule has 2 rings (SSSR count). The number of ether oxygens (including phenoxy) is 10. The average Bonchev–Trinajstić information content (AvgIpc) is 2.91. The molecule has 2 aliphatic rings. The third kappa shape index (κ3) is 12.6.